The Kier molecular flexibility index (Phi) is 3.78. The van der Waals surface area contributed by atoms with Gasteiger partial charge in [-0.25, -0.2) is 4.98 Å². The molecule has 1 aromatic rings. The second-order valence-electron chi connectivity index (χ2n) is 4.46. The number of aryl methyl sites for hydroxylation is 1. The van der Waals surface area contributed by atoms with Gasteiger partial charge < -0.3 is 9.30 Å². The first kappa shape index (κ1) is 12.1. The smallest absolute Gasteiger partial charge is 0.323 e. The van der Waals surface area contributed by atoms with Gasteiger partial charge in [0.25, 0.3) is 0 Å². The number of carbonyl (C=O) groups is 1. The number of hydrogen-bond donors (Lipinski definition) is 0. The number of aromatic nitrogens is 2. The van der Waals surface area contributed by atoms with Crippen LogP contribution in [0.3, 0.4) is 0 Å². The molecule has 94 valence electrons. The fourth-order valence-corrected chi connectivity index (χ4v) is 2.31. The van der Waals surface area contributed by atoms with Gasteiger partial charge in [-0.3, -0.25) is 9.69 Å². The number of imidazole rings is 1. The van der Waals surface area contributed by atoms with Crippen LogP contribution in [0.15, 0.2) is 12.4 Å². The van der Waals surface area contributed by atoms with Gasteiger partial charge in [-0.2, -0.15) is 0 Å². The molecule has 1 fully saturated rings. The molecule has 0 bridgehead atoms. The SMILES string of the molecule is COC(=O)C1CCCCN1Cc1nccn1C. The van der Waals surface area contributed by atoms with E-state index in [1.165, 1.54) is 7.11 Å². The summed E-state index contributed by atoms with van der Waals surface area (Å²) in [5, 5.41) is 0. The van der Waals surface area contributed by atoms with Crippen molar-refractivity contribution >= 4 is 5.97 Å². The van der Waals surface area contributed by atoms with E-state index >= 15 is 0 Å². The first-order valence-corrected chi connectivity index (χ1v) is 6.00. The number of esters is 1. The van der Waals surface area contributed by atoms with E-state index in [0.717, 1.165) is 31.6 Å². The fraction of sp³-hybridized carbons (Fsp3) is 0.667. The zero-order chi connectivity index (χ0) is 12.3. The second-order valence-corrected chi connectivity index (χ2v) is 4.46. The molecule has 5 heteroatoms. The van der Waals surface area contributed by atoms with Crippen molar-refractivity contribution in [2.24, 2.45) is 7.05 Å². The van der Waals surface area contributed by atoms with Gasteiger partial charge >= 0.3 is 5.97 Å². The summed E-state index contributed by atoms with van der Waals surface area (Å²) in [4.78, 5) is 18.2. The average molecular weight is 237 g/mol. The van der Waals surface area contributed by atoms with Crippen LogP contribution >= 0.6 is 0 Å². The highest BCUT2D eigenvalue weighted by Crippen LogP contribution is 2.19. The maximum atomic E-state index is 11.7. The van der Waals surface area contributed by atoms with Crippen LogP contribution in [0.2, 0.25) is 0 Å². The van der Waals surface area contributed by atoms with Crippen LogP contribution in [0.4, 0.5) is 0 Å². The van der Waals surface area contributed by atoms with E-state index in [-0.39, 0.29) is 12.0 Å². The molecule has 0 saturated carbocycles. The largest absolute Gasteiger partial charge is 0.468 e. The Labute approximate surface area is 101 Å². The Morgan fingerprint density at radius 2 is 2.41 bits per heavy atom. The molecule has 1 aliphatic rings. The summed E-state index contributed by atoms with van der Waals surface area (Å²) in [6, 6.07) is -0.106. The third-order valence-corrected chi connectivity index (χ3v) is 3.35. The van der Waals surface area contributed by atoms with Gasteiger partial charge in [0.1, 0.15) is 11.9 Å². The summed E-state index contributed by atoms with van der Waals surface area (Å²) in [7, 11) is 3.43. The average Bonchev–Trinajstić information content (AvgIpc) is 2.75. The zero-order valence-electron chi connectivity index (χ0n) is 10.4. The molecule has 1 unspecified atom stereocenters. The molecule has 0 amide bonds. The topological polar surface area (TPSA) is 47.4 Å². The van der Waals surface area contributed by atoms with Gasteiger partial charge in [0.05, 0.1) is 13.7 Å². The first-order valence-electron chi connectivity index (χ1n) is 6.00. The maximum absolute atomic E-state index is 11.7. The molecule has 1 aliphatic heterocycles. The summed E-state index contributed by atoms with van der Waals surface area (Å²) in [5.41, 5.74) is 0. The predicted molar refractivity (Wildman–Crippen MR) is 63.3 cm³/mol. The van der Waals surface area contributed by atoms with E-state index in [1.54, 1.807) is 6.20 Å². The van der Waals surface area contributed by atoms with Gasteiger partial charge in [-0.15, -0.1) is 0 Å². The van der Waals surface area contributed by atoms with Crippen LogP contribution in [0, 0.1) is 0 Å². The lowest BCUT2D eigenvalue weighted by Crippen LogP contribution is -2.45. The molecule has 0 spiro atoms. The number of likely N-dealkylation sites (tertiary alicyclic amines) is 1. The lowest BCUT2D eigenvalue weighted by atomic mass is 10.0. The van der Waals surface area contributed by atoms with Crippen molar-refractivity contribution in [3.63, 3.8) is 0 Å². The van der Waals surface area contributed by atoms with Crippen molar-refractivity contribution in [2.45, 2.75) is 31.8 Å². The van der Waals surface area contributed by atoms with Gasteiger partial charge in [0.15, 0.2) is 0 Å². The van der Waals surface area contributed by atoms with Crippen LogP contribution in [-0.4, -0.2) is 40.1 Å². The third-order valence-electron chi connectivity index (χ3n) is 3.35. The molecule has 0 radical (unpaired) electrons. The van der Waals surface area contributed by atoms with Gasteiger partial charge in [0, 0.05) is 19.4 Å². The van der Waals surface area contributed by atoms with E-state index in [1.807, 2.05) is 17.8 Å². The summed E-state index contributed by atoms with van der Waals surface area (Å²) in [6.07, 6.45) is 6.82. The van der Waals surface area contributed by atoms with E-state index in [2.05, 4.69) is 9.88 Å². The minimum Gasteiger partial charge on any atom is -0.468 e. The van der Waals surface area contributed by atoms with Crippen molar-refractivity contribution in [3.8, 4) is 0 Å². The van der Waals surface area contributed by atoms with Crippen LogP contribution in [0.25, 0.3) is 0 Å². The fourth-order valence-electron chi connectivity index (χ4n) is 2.31. The maximum Gasteiger partial charge on any atom is 0.323 e. The Hall–Kier alpha value is -1.36. The quantitative estimate of drug-likeness (QED) is 0.734. The predicted octanol–water partition coefficient (Wildman–Crippen LogP) is 0.948. The summed E-state index contributed by atoms with van der Waals surface area (Å²) in [5.74, 6) is 0.861. The number of ether oxygens (including phenoxy) is 1. The monoisotopic (exact) mass is 237 g/mol. The normalized spacial score (nSPS) is 21.4. The van der Waals surface area contributed by atoms with E-state index in [4.69, 9.17) is 4.74 Å². The number of methoxy groups -OCH3 is 1. The number of carbonyl (C=O) groups excluding carboxylic acids is 1. The molecular weight excluding hydrogens is 218 g/mol. The number of rotatable bonds is 3. The highest BCUT2D eigenvalue weighted by Gasteiger charge is 2.29. The molecule has 1 atom stereocenters. The Balaban J connectivity index is 2.06. The number of nitrogens with zero attached hydrogens (tertiary/aromatic N) is 3. The van der Waals surface area contributed by atoms with E-state index in [0.29, 0.717) is 6.54 Å². The van der Waals surface area contributed by atoms with E-state index in [9.17, 15) is 4.79 Å². The number of piperidine rings is 1. The van der Waals surface area contributed by atoms with Crippen molar-refractivity contribution in [1.29, 1.82) is 0 Å². The van der Waals surface area contributed by atoms with Crippen LogP contribution in [-0.2, 0) is 23.1 Å². The minimum absolute atomic E-state index is 0.106. The lowest BCUT2D eigenvalue weighted by Gasteiger charge is -2.33. The van der Waals surface area contributed by atoms with Gasteiger partial charge in [-0.1, -0.05) is 6.42 Å². The van der Waals surface area contributed by atoms with E-state index < -0.39 is 0 Å². The Morgan fingerprint density at radius 3 is 3.06 bits per heavy atom. The molecule has 2 rings (SSSR count). The zero-order valence-corrected chi connectivity index (χ0v) is 10.4. The third kappa shape index (κ3) is 2.66. The standard InChI is InChI=1S/C12H19N3O2/c1-14-8-6-13-11(14)9-15-7-4-3-5-10(15)12(16)17-2/h6,8,10H,3-5,7,9H2,1-2H3. The summed E-state index contributed by atoms with van der Waals surface area (Å²) < 4.78 is 6.85. The van der Waals surface area contributed by atoms with Gasteiger partial charge in [-0.05, 0) is 19.4 Å². The Bertz CT molecular complexity index is 389. The van der Waals surface area contributed by atoms with Crippen LogP contribution in [0.5, 0.6) is 0 Å². The molecule has 0 aliphatic carbocycles. The van der Waals surface area contributed by atoms with Crippen molar-refractivity contribution in [2.75, 3.05) is 13.7 Å². The van der Waals surface area contributed by atoms with Crippen molar-refractivity contribution in [3.05, 3.63) is 18.2 Å². The molecule has 17 heavy (non-hydrogen) atoms. The molecule has 0 N–H and O–H groups in total. The van der Waals surface area contributed by atoms with Crippen LogP contribution < -0.4 is 0 Å². The molecule has 1 aromatic heterocycles. The molecular formula is C12H19N3O2. The highest BCUT2D eigenvalue weighted by atomic mass is 16.5. The highest BCUT2D eigenvalue weighted by molar-refractivity contribution is 5.75. The molecule has 5 nitrogen and oxygen atoms in total. The minimum atomic E-state index is -0.126. The van der Waals surface area contributed by atoms with Gasteiger partial charge in [0.2, 0.25) is 0 Å². The molecule has 0 aromatic carbocycles. The van der Waals surface area contributed by atoms with Crippen molar-refractivity contribution in [1.82, 2.24) is 14.5 Å². The summed E-state index contributed by atoms with van der Waals surface area (Å²) in [6.45, 7) is 1.65. The first-order chi connectivity index (χ1) is 8.22. The second kappa shape index (κ2) is 5.31. The molecule has 1 saturated heterocycles. The summed E-state index contributed by atoms with van der Waals surface area (Å²) >= 11 is 0. The van der Waals surface area contributed by atoms with Crippen LogP contribution in [0.1, 0.15) is 25.1 Å². The Morgan fingerprint density at radius 1 is 1.59 bits per heavy atom. The number of hydrogen-bond acceptors (Lipinski definition) is 4. The lowest BCUT2D eigenvalue weighted by molar-refractivity contribution is -0.148. The van der Waals surface area contributed by atoms with Crippen molar-refractivity contribution < 1.29 is 9.53 Å². The molecule has 2 heterocycles.